The van der Waals surface area contributed by atoms with Gasteiger partial charge in [0.15, 0.2) is 0 Å². The number of H-pyrrole nitrogens is 1. The van der Waals surface area contributed by atoms with Crippen molar-refractivity contribution in [2.75, 3.05) is 38.1 Å². The quantitative estimate of drug-likeness (QED) is 0.730. The first kappa shape index (κ1) is 21.5. The number of likely N-dealkylation sites (N-methyl/N-ethyl adjacent to an activating group) is 1. The topological polar surface area (TPSA) is 98.7 Å². The second kappa shape index (κ2) is 9.08. The Labute approximate surface area is 174 Å². The van der Waals surface area contributed by atoms with Gasteiger partial charge in [0.05, 0.1) is 0 Å². The van der Waals surface area contributed by atoms with Gasteiger partial charge < -0.3 is 19.7 Å². The first-order chi connectivity index (χ1) is 14.3. The molecule has 1 aliphatic heterocycles. The smallest absolute Gasteiger partial charge is 0.328 e. The Morgan fingerprint density at radius 2 is 1.73 bits per heavy atom. The summed E-state index contributed by atoms with van der Waals surface area (Å²) in [6, 6.07) is 8.64. The highest BCUT2D eigenvalue weighted by Gasteiger charge is 2.23. The van der Waals surface area contributed by atoms with Crippen molar-refractivity contribution in [3.05, 3.63) is 62.4 Å². The van der Waals surface area contributed by atoms with Gasteiger partial charge in [-0.25, -0.2) is 4.79 Å². The molecular weight excluding hydrogens is 386 g/mol. The number of hydrogen-bond acceptors (Lipinski definition) is 5. The molecule has 2 heterocycles. The van der Waals surface area contributed by atoms with Gasteiger partial charge in [-0.2, -0.15) is 0 Å². The van der Waals surface area contributed by atoms with Gasteiger partial charge in [0.2, 0.25) is 5.91 Å². The lowest BCUT2D eigenvalue weighted by Gasteiger charge is -2.27. The van der Waals surface area contributed by atoms with E-state index in [2.05, 4.69) is 9.88 Å². The van der Waals surface area contributed by atoms with E-state index in [0.29, 0.717) is 19.6 Å². The number of carbonyl (C=O) groups is 2. The molecular formula is C21H27N5O4. The Hall–Kier alpha value is -3.20. The molecule has 160 valence electrons. The van der Waals surface area contributed by atoms with Crippen LogP contribution in [0.15, 0.2) is 39.9 Å². The molecule has 0 atom stereocenters. The van der Waals surface area contributed by atoms with Crippen LogP contribution in [-0.2, 0) is 18.4 Å². The highest BCUT2D eigenvalue weighted by Crippen LogP contribution is 2.24. The van der Waals surface area contributed by atoms with Crippen molar-refractivity contribution in [2.24, 2.45) is 7.05 Å². The predicted octanol–water partition coefficient (Wildman–Crippen LogP) is 0.404. The maximum atomic E-state index is 13.2. The van der Waals surface area contributed by atoms with Crippen LogP contribution in [0, 0.1) is 0 Å². The number of nitrogens with zero attached hydrogens (tertiary/aromatic N) is 4. The molecule has 0 saturated heterocycles. The predicted molar refractivity (Wildman–Crippen MR) is 114 cm³/mol. The summed E-state index contributed by atoms with van der Waals surface area (Å²) in [4.78, 5) is 57.4. The lowest BCUT2D eigenvalue weighted by Crippen LogP contribution is -2.40. The normalized spacial score (nSPS) is 16.0. The summed E-state index contributed by atoms with van der Waals surface area (Å²) in [6.45, 7) is 4.20. The van der Waals surface area contributed by atoms with E-state index < -0.39 is 17.2 Å². The molecule has 2 amide bonds. The van der Waals surface area contributed by atoms with Crippen molar-refractivity contribution in [1.29, 1.82) is 0 Å². The Kier molecular flexibility index (Phi) is 6.51. The van der Waals surface area contributed by atoms with Crippen LogP contribution in [0.3, 0.4) is 0 Å². The van der Waals surface area contributed by atoms with E-state index >= 15 is 0 Å². The molecule has 0 bridgehead atoms. The fraction of sp³-hybridized carbons (Fsp3) is 0.429. The average Bonchev–Trinajstić information content (AvgIpc) is 2.74. The van der Waals surface area contributed by atoms with Crippen LogP contribution in [0.4, 0.5) is 5.69 Å². The largest absolute Gasteiger partial charge is 0.332 e. The molecule has 1 aromatic carbocycles. The third-order valence-electron chi connectivity index (χ3n) is 5.36. The summed E-state index contributed by atoms with van der Waals surface area (Å²) in [5, 5.41) is 0. The number of anilines is 1. The lowest BCUT2D eigenvalue weighted by molar-refractivity contribution is -0.116. The minimum absolute atomic E-state index is 0.0402. The van der Waals surface area contributed by atoms with Crippen molar-refractivity contribution in [3.63, 3.8) is 0 Å². The van der Waals surface area contributed by atoms with Gasteiger partial charge in [0, 0.05) is 51.9 Å². The first-order valence-corrected chi connectivity index (χ1v) is 9.92. The number of aromatic amines is 1. The lowest BCUT2D eigenvalue weighted by atomic mass is 10.1. The van der Waals surface area contributed by atoms with Crippen molar-refractivity contribution in [1.82, 2.24) is 19.4 Å². The van der Waals surface area contributed by atoms with Crippen LogP contribution in [-0.4, -0.2) is 64.4 Å². The van der Waals surface area contributed by atoms with Crippen LogP contribution in [0.5, 0.6) is 0 Å². The van der Waals surface area contributed by atoms with Gasteiger partial charge in [-0.3, -0.25) is 19.0 Å². The van der Waals surface area contributed by atoms with E-state index in [9.17, 15) is 19.2 Å². The fourth-order valence-electron chi connectivity index (χ4n) is 3.56. The molecule has 3 rings (SSSR count). The van der Waals surface area contributed by atoms with E-state index in [-0.39, 0.29) is 18.1 Å². The molecule has 9 heteroatoms. The monoisotopic (exact) mass is 413 g/mol. The van der Waals surface area contributed by atoms with Gasteiger partial charge in [0.25, 0.3) is 11.5 Å². The molecule has 1 N–H and O–H groups in total. The van der Waals surface area contributed by atoms with Crippen LogP contribution in [0.1, 0.15) is 29.4 Å². The van der Waals surface area contributed by atoms with Gasteiger partial charge in [-0.1, -0.05) is 18.2 Å². The number of fused-ring (bicyclic) bond motifs is 1. The molecule has 0 unspecified atom stereocenters. The highest BCUT2D eigenvalue weighted by atomic mass is 16.2. The summed E-state index contributed by atoms with van der Waals surface area (Å²) in [7, 11) is 3.32. The number of nitrogens with one attached hydrogen (secondary N) is 1. The van der Waals surface area contributed by atoms with Gasteiger partial charge in [-0.15, -0.1) is 0 Å². The van der Waals surface area contributed by atoms with Crippen molar-refractivity contribution < 1.29 is 9.59 Å². The number of amides is 2. The van der Waals surface area contributed by atoms with Crippen LogP contribution in [0.25, 0.3) is 0 Å². The molecule has 1 aromatic heterocycles. The Morgan fingerprint density at radius 3 is 2.43 bits per heavy atom. The molecule has 0 spiro atoms. The van der Waals surface area contributed by atoms with E-state index in [1.807, 2.05) is 31.3 Å². The SMILES string of the molecule is CC(=O)N1CCCN(C)CCN(C(=O)c2cc(=O)n(C)c(=O)[nH]2)Cc2ccccc21. The third-order valence-corrected chi connectivity index (χ3v) is 5.36. The number of rotatable bonds is 1. The summed E-state index contributed by atoms with van der Waals surface area (Å²) < 4.78 is 0.914. The zero-order valence-corrected chi connectivity index (χ0v) is 17.6. The fourth-order valence-corrected chi connectivity index (χ4v) is 3.56. The number of para-hydroxylation sites is 1. The van der Waals surface area contributed by atoms with Crippen molar-refractivity contribution >= 4 is 17.5 Å². The zero-order valence-electron chi connectivity index (χ0n) is 17.6. The van der Waals surface area contributed by atoms with Gasteiger partial charge in [-0.05, 0) is 31.6 Å². The number of hydrogen-bond donors (Lipinski definition) is 1. The number of aromatic nitrogens is 2. The second-order valence-corrected chi connectivity index (χ2v) is 7.57. The minimum Gasteiger partial charge on any atom is -0.332 e. The average molecular weight is 413 g/mol. The molecule has 0 radical (unpaired) electrons. The van der Waals surface area contributed by atoms with Crippen LogP contribution in [0.2, 0.25) is 0 Å². The van der Waals surface area contributed by atoms with Crippen molar-refractivity contribution in [2.45, 2.75) is 19.9 Å². The maximum absolute atomic E-state index is 13.2. The molecule has 9 nitrogen and oxygen atoms in total. The number of carbonyl (C=O) groups excluding carboxylic acids is 2. The van der Waals surface area contributed by atoms with Crippen molar-refractivity contribution in [3.8, 4) is 0 Å². The summed E-state index contributed by atoms with van der Waals surface area (Å²) in [5.41, 5.74) is 0.382. The van der Waals surface area contributed by atoms with E-state index in [1.165, 1.54) is 14.0 Å². The van der Waals surface area contributed by atoms with E-state index in [1.54, 1.807) is 9.80 Å². The van der Waals surface area contributed by atoms with E-state index in [0.717, 1.165) is 34.8 Å². The zero-order chi connectivity index (χ0) is 21.8. The second-order valence-electron chi connectivity index (χ2n) is 7.57. The minimum atomic E-state index is -0.635. The molecule has 1 aliphatic rings. The maximum Gasteiger partial charge on any atom is 0.328 e. The van der Waals surface area contributed by atoms with Crippen LogP contribution >= 0.6 is 0 Å². The Bertz CT molecular complexity index is 1030. The first-order valence-electron chi connectivity index (χ1n) is 9.92. The summed E-state index contributed by atoms with van der Waals surface area (Å²) in [5.74, 6) is -0.486. The summed E-state index contributed by atoms with van der Waals surface area (Å²) in [6.07, 6.45) is 0.806. The Morgan fingerprint density at radius 1 is 1.00 bits per heavy atom. The molecule has 30 heavy (non-hydrogen) atoms. The molecule has 0 saturated carbocycles. The van der Waals surface area contributed by atoms with Gasteiger partial charge in [0.1, 0.15) is 5.69 Å². The van der Waals surface area contributed by atoms with E-state index in [4.69, 9.17) is 0 Å². The third kappa shape index (κ3) is 4.68. The summed E-state index contributed by atoms with van der Waals surface area (Å²) >= 11 is 0. The van der Waals surface area contributed by atoms with Gasteiger partial charge >= 0.3 is 5.69 Å². The van der Waals surface area contributed by atoms with Crippen LogP contribution < -0.4 is 16.1 Å². The highest BCUT2D eigenvalue weighted by molar-refractivity contribution is 5.93. The number of benzene rings is 1. The standard InChI is InChI=1S/C21H27N5O4/c1-15(27)26-10-6-9-23(2)11-12-25(14-16-7-4-5-8-18(16)26)20(29)17-13-19(28)24(3)21(30)22-17/h4-5,7-8,13H,6,9-12,14H2,1-3H3,(H,22,30). The molecule has 0 aliphatic carbocycles. The molecule has 0 fully saturated rings. The Balaban J connectivity index is 2.02. The molecule has 2 aromatic rings.